The van der Waals surface area contributed by atoms with Gasteiger partial charge in [0.05, 0.1) is 0 Å². The molecule has 5 unspecified atom stereocenters. The fourth-order valence-corrected chi connectivity index (χ4v) is 3.19. The van der Waals surface area contributed by atoms with E-state index in [0.717, 1.165) is 11.7 Å². The van der Waals surface area contributed by atoms with Crippen LogP contribution in [0.2, 0.25) is 12.1 Å². The number of ether oxygens (including phenoxy) is 1. The number of nitrogens with zero attached hydrogens (tertiary/aromatic N) is 2. The van der Waals surface area contributed by atoms with E-state index in [1.807, 2.05) is 0 Å². The van der Waals surface area contributed by atoms with Crippen molar-refractivity contribution < 1.29 is 9.13 Å². The number of fused-ring (bicyclic) bond motifs is 1. The zero-order valence-corrected chi connectivity index (χ0v) is 12.7. The number of halogens is 2. The summed E-state index contributed by atoms with van der Waals surface area (Å²) in [6, 6.07) is 4.02. The molecule has 1 aromatic heterocycles. The third-order valence-corrected chi connectivity index (χ3v) is 4.62. The van der Waals surface area contributed by atoms with Crippen LogP contribution in [-0.4, -0.2) is 36.9 Å². The van der Waals surface area contributed by atoms with Crippen LogP contribution in [0.1, 0.15) is 0 Å². The van der Waals surface area contributed by atoms with Gasteiger partial charge in [0.15, 0.2) is 6.17 Å². The largest absolute Gasteiger partial charge is 0.465 e. The third kappa shape index (κ3) is 2.59. The molecule has 0 spiro atoms. The number of pyridine rings is 1. The molecule has 0 bridgehead atoms. The Labute approximate surface area is 131 Å². The maximum Gasteiger partial charge on any atom is 0.224 e. The zero-order valence-electron chi connectivity index (χ0n) is 11.1. The highest BCUT2D eigenvalue weighted by molar-refractivity contribution is 9.12. The molecule has 21 heavy (non-hydrogen) atoms. The molecule has 3 aliphatic rings. The minimum atomic E-state index is -1.26. The molecule has 4 rings (SSSR count). The lowest BCUT2D eigenvalue weighted by Crippen LogP contribution is -2.27. The molecule has 1 saturated carbocycles. The van der Waals surface area contributed by atoms with Gasteiger partial charge in [-0.05, 0) is 39.8 Å². The van der Waals surface area contributed by atoms with E-state index in [-0.39, 0.29) is 0 Å². The number of rotatable bonds is 4. The SMILES string of the molecule is FC1C=C(Br)C=NC1Oc1ccnc(NC2C3[B]CC32)c1. The number of hydrogen-bond donors (Lipinski definition) is 1. The van der Waals surface area contributed by atoms with E-state index in [4.69, 9.17) is 4.74 Å². The molecule has 1 radical (unpaired) electrons. The van der Waals surface area contributed by atoms with Crippen LogP contribution in [0.3, 0.4) is 0 Å². The second kappa shape index (κ2) is 5.12. The summed E-state index contributed by atoms with van der Waals surface area (Å²) in [7, 11) is 2.33. The van der Waals surface area contributed by atoms with Crippen LogP contribution in [-0.2, 0) is 0 Å². The minimum Gasteiger partial charge on any atom is -0.465 e. The third-order valence-electron chi connectivity index (χ3n) is 4.15. The molecule has 7 heteroatoms. The molecule has 2 fully saturated rings. The Morgan fingerprint density at radius 3 is 3.05 bits per heavy atom. The number of aromatic nitrogens is 1. The zero-order chi connectivity index (χ0) is 14.4. The van der Waals surface area contributed by atoms with Crippen LogP contribution >= 0.6 is 15.9 Å². The second-order valence-electron chi connectivity index (χ2n) is 5.54. The van der Waals surface area contributed by atoms with Crippen molar-refractivity contribution in [3.05, 3.63) is 28.9 Å². The molecule has 0 aromatic carbocycles. The van der Waals surface area contributed by atoms with Gasteiger partial charge in [-0.2, -0.15) is 0 Å². The molecule has 3 heterocycles. The smallest absolute Gasteiger partial charge is 0.224 e. The van der Waals surface area contributed by atoms with Gasteiger partial charge in [0, 0.05) is 29.0 Å². The summed E-state index contributed by atoms with van der Waals surface area (Å²) in [5.74, 6) is 2.82. The van der Waals surface area contributed by atoms with E-state index >= 15 is 0 Å². The van der Waals surface area contributed by atoms with Crippen molar-refractivity contribution >= 4 is 35.2 Å². The van der Waals surface area contributed by atoms with Crippen LogP contribution in [0, 0.1) is 5.92 Å². The van der Waals surface area contributed by atoms with Gasteiger partial charge in [0.2, 0.25) is 6.23 Å². The van der Waals surface area contributed by atoms with Crippen molar-refractivity contribution in [3.8, 4) is 5.75 Å². The first-order valence-electron chi connectivity index (χ1n) is 6.98. The highest BCUT2D eigenvalue weighted by atomic mass is 79.9. The average molecular weight is 349 g/mol. The van der Waals surface area contributed by atoms with Crippen LogP contribution in [0.25, 0.3) is 0 Å². The summed E-state index contributed by atoms with van der Waals surface area (Å²) in [6.07, 6.45) is 3.75. The van der Waals surface area contributed by atoms with Gasteiger partial charge in [-0.15, -0.1) is 0 Å². The number of nitrogens with one attached hydrogen (secondary N) is 1. The number of alkyl halides is 1. The Bertz CT molecular complexity index is 616. The quantitative estimate of drug-likeness (QED) is 0.851. The molecule has 5 atom stereocenters. The minimum absolute atomic E-state index is 0.508. The van der Waals surface area contributed by atoms with Gasteiger partial charge in [-0.25, -0.2) is 14.4 Å². The summed E-state index contributed by atoms with van der Waals surface area (Å²) >= 11 is 3.20. The number of dihydropyridines is 1. The van der Waals surface area contributed by atoms with E-state index in [1.165, 1.54) is 12.4 Å². The monoisotopic (exact) mass is 348 g/mol. The van der Waals surface area contributed by atoms with Crippen molar-refractivity contribution in [1.29, 1.82) is 0 Å². The Balaban J connectivity index is 1.42. The number of anilines is 1. The van der Waals surface area contributed by atoms with E-state index in [0.29, 0.717) is 22.1 Å². The Hall–Kier alpha value is -1.37. The molecule has 107 valence electrons. The predicted octanol–water partition coefficient (Wildman–Crippen LogP) is 2.82. The molecular weight excluding hydrogens is 336 g/mol. The van der Waals surface area contributed by atoms with Crippen LogP contribution in [0.15, 0.2) is 33.9 Å². The molecule has 4 nitrogen and oxygen atoms in total. The van der Waals surface area contributed by atoms with Crippen molar-refractivity contribution in [2.75, 3.05) is 5.32 Å². The Morgan fingerprint density at radius 2 is 2.33 bits per heavy atom. The summed E-state index contributed by atoms with van der Waals surface area (Å²) in [5, 5.41) is 3.40. The molecule has 0 amide bonds. The predicted molar refractivity (Wildman–Crippen MR) is 84.3 cm³/mol. The maximum atomic E-state index is 13.8. The average Bonchev–Trinajstić information content (AvgIpc) is 2.91. The van der Waals surface area contributed by atoms with E-state index in [2.05, 4.69) is 38.5 Å². The fraction of sp³-hybridized carbons (Fsp3) is 0.429. The first-order chi connectivity index (χ1) is 10.2. The van der Waals surface area contributed by atoms with Gasteiger partial charge in [-0.3, -0.25) is 0 Å². The van der Waals surface area contributed by atoms with Gasteiger partial charge < -0.3 is 10.1 Å². The maximum absolute atomic E-state index is 13.8. The lowest BCUT2D eigenvalue weighted by Gasteiger charge is -2.19. The number of hydrogen-bond acceptors (Lipinski definition) is 4. The summed E-state index contributed by atoms with van der Waals surface area (Å²) in [6.45, 7) is 0. The summed E-state index contributed by atoms with van der Waals surface area (Å²) in [4.78, 5) is 8.32. The van der Waals surface area contributed by atoms with Crippen molar-refractivity contribution in [2.45, 2.75) is 30.6 Å². The molecule has 1 saturated heterocycles. The van der Waals surface area contributed by atoms with Gasteiger partial charge in [0.25, 0.3) is 0 Å². The van der Waals surface area contributed by atoms with E-state index in [9.17, 15) is 4.39 Å². The van der Waals surface area contributed by atoms with E-state index < -0.39 is 12.4 Å². The lowest BCUT2D eigenvalue weighted by molar-refractivity contribution is 0.133. The van der Waals surface area contributed by atoms with Gasteiger partial charge in [0.1, 0.15) is 18.8 Å². The molecule has 2 aliphatic heterocycles. The first-order valence-corrected chi connectivity index (χ1v) is 7.77. The standard InChI is InChI=1S/C14H13BBrFN3O/c16-7-3-10(17)14(19-6-7)21-8-1-2-18-11(4-8)20-13-9-5-15-12(9)13/h1-4,6,9-10,12-14H,5H2,(H,18,20). The fourth-order valence-electron chi connectivity index (χ4n) is 2.82. The van der Waals surface area contributed by atoms with Crippen LogP contribution < -0.4 is 10.1 Å². The molecular formula is C14H13BBrFN3O. The summed E-state index contributed by atoms with van der Waals surface area (Å²) in [5.41, 5.74) is 0. The molecule has 1 aliphatic carbocycles. The first kappa shape index (κ1) is 13.3. The highest BCUT2D eigenvalue weighted by Gasteiger charge is 2.56. The topological polar surface area (TPSA) is 46.5 Å². The number of aliphatic imine (C=N–C) groups is 1. The second-order valence-corrected chi connectivity index (χ2v) is 6.46. The molecule has 1 N–H and O–H groups in total. The van der Waals surface area contributed by atoms with Gasteiger partial charge >= 0.3 is 0 Å². The van der Waals surface area contributed by atoms with Crippen molar-refractivity contribution in [3.63, 3.8) is 0 Å². The van der Waals surface area contributed by atoms with E-state index in [1.54, 1.807) is 24.5 Å². The molecule has 1 aromatic rings. The number of allylic oxidation sites excluding steroid dienone is 1. The van der Waals surface area contributed by atoms with Crippen LogP contribution in [0.4, 0.5) is 10.2 Å². The van der Waals surface area contributed by atoms with Crippen molar-refractivity contribution in [1.82, 2.24) is 4.98 Å². The Kier molecular flexibility index (Phi) is 3.25. The Morgan fingerprint density at radius 1 is 1.48 bits per heavy atom. The highest BCUT2D eigenvalue weighted by Crippen LogP contribution is 2.57. The van der Waals surface area contributed by atoms with Gasteiger partial charge in [-0.1, -0.05) is 6.32 Å². The normalized spacial score (nSPS) is 35.9. The summed E-state index contributed by atoms with van der Waals surface area (Å²) < 4.78 is 20.1. The van der Waals surface area contributed by atoms with Crippen molar-refractivity contribution in [2.24, 2.45) is 10.9 Å². The lowest BCUT2D eigenvalue weighted by atomic mass is 9.57. The van der Waals surface area contributed by atoms with Crippen LogP contribution in [0.5, 0.6) is 5.75 Å².